The van der Waals surface area contributed by atoms with Gasteiger partial charge in [-0.3, -0.25) is 4.79 Å². The van der Waals surface area contributed by atoms with E-state index >= 15 is 0 Å². The van der Waals surface area contributed by atoms with Crippen LogP contribution in [0, 0.1) is 6.92 Å². The van der Waals surface area contributed by atoms with E-state index in [-0.39, 0.29) is 18.6 Å². The number of aryl methyl sites for hydroxylation is 1. The predicted molar refractivity (Wildman–Crippen MR) is 105 cm³/mol. The lowest BCUT2D eigenvalue weighted by molar-refractivity contribution is -0.114. The van der Waals surface area contributed by atoms with Gasteiger partial charge in [0, 0.05) is 11.4 Å². The lowest BCUT2D eigenvalue weighted by Gasteiger charge is -2.17. The molecule has 0 heterocycles. The van der Waals surface area contributed by atoms with Gasteiger partial charge in [0.05, 0.1) is 12.6 Å². The Morgan fingerprint density at radius 1 is 1.04 bits per heavy atom. The van der Waals surface area contributed by atoms with Crippen LogP contribution in [0.3, 0.4) is 0 Å². The standard InChI is InChI=1S/C21H28N2O2/c1-14(2)19-8-6-7-16(5)21(19)22-13-20(24)23-17-9-11-18(12-10-17)25-15(3)4/h6-12,14-15,22H,13H2,1-5H3,(H,23,24). The van der Waals surface area contributed by atoms with Crippen molar-refractivity contribution in [3.05, 3.63) is 53.6 Å². The van der Waals surface area contributed by atoms with Gasteiger partial charge in [-0.2, -0.15) is 0 Å². The zero-order chi connectivity index (χ0) is 18.4. The van der Waals surface area contributed by atoms with E-state index in [4.69, 9.17) is 4.74 Å². The van der Waals surface area contributed by atoms with Crippen molar-refractivity contribution in [2.45, 2.75) is 46.6 Å². The van der Waals surface area contributed by atoms with E-state index in [2.05, 4.69) is 49.6 Å². The molecular weight excluding hydrogens is 312 g/mol. The number of para-hydroxylation sites is 1. The van der Waals surface area contributed by atoms with E-state index < -0.39 is 0 Å². The van der Waals surface area contributed by atoms with Crippen LogP contribution in [0.1, 0.15) is 44.7 Å². The zero-order valence-corrected chi connectivity index (χ0v) is 15.7. The quantitative estimate of drug-likeness (QED) is 0.749. The molecule has 0 saturated carbocycles. The second-order valence-corrected chi connectivity index (χ2v) is 6.79. The molecule has 1 amide bonds. The topological polar surface area (TPSA) is 50.4 Å². The minimum atomic E-state index is -0.0736. The zero-order valence-electron chi connectivity index (χ0n) is 15.7. The smallest absolute Gasteiger partial charge is 0.243 e. The van der Waals surface area contributed by atoms with E-state index in [1.807, 2.05) is 38.1 Å². The second kappa shape index (κ2) is 8.56. The summed E-state index contributed by atoms with van der Waals surface area (Å²) in [6.07, 6.45) is 0.133. The maximum atomic E-state index is 12.2. The molecule has 0 unspecified atom stereocenters. The molecule has 0 radical (unpaired) electrons. The van der Waals surface area contributed by atoms with Gasteiger partial charge >= 0.3 is 0 Å². The van der Waals surface area contributed by atoms with Gasteiger partial charge in [0.1, 0.15) is 5.75 Å². The van der Waals surface area contributed by atoms with Gasteiger partial charge in [0.2, 0.25) is 5.91 Å². The summed E-state index contributed by atoms with van der Waals surface area (Å²) in [6, 6.07) is 13.6. The Morgan fingerprint density at radius 3 is 2.32 bits per heavy atom. The highest BCUT2D eigenvalue weighted by Gasteiger charge is 2.10. The van der Waals surface area contributed by atoms with E-state index in [9.17, 15) is 4.79 Å². The fourth-order valence-electron chi connectivity index (χ4n) is 2.68. The summed E-state index contributed by atoms with van der Waals surface area (Å²) < 4.78 is 5.60. The van der Waals surface area contributed by atoms with E-state index in [0.29, 0.717) is 5.92 Å². The number of carbonyl (C=O) groups excluding carboxylic acids is 1. The minimum absolute atomic E-state index is 0.0736. The molecule has 25 heavy (non-hydrogen) atoms. The minimum Gasteiger partial charge on any atom is -0.491 e. The Hall–Kier alpha value is -2.49. The molecule has 0 aliphatic carbocycles. The lowest BCUT2D eigenvalue weighted by atomic mass is 9.98. The first-order valence-electron chi connectivity index (χ1n) is 8.76. The molecule has 2 rings (SSSR count). The molecule has 4 nitrogen and oxygen atoms in total. The maximum absolute atomic E-state index is 12.2. The van der Waals surface area contributed by atoms with Gasteiger partial charge in [0.15, 0.2) is 0 Å². The van der Waals surface area contributed by atoms with Crippen molar-refractivity contribution in [1.82, 2.24) is 0 Å². The van der Waals surface area contributed by atoms with Crippen LogP contribution < -0.4 is 15.4 Å². The number of nitrogens with one attached hydrogen (secondary N) is 2. The molecule has 0 fully saturated rings. The van der Waals surface area contributed by atoms with Gasteiger partial charge in [0.25, 0.3) is 0 Å². The van der Waals surface area contributed by atoms with Crippen molar-refractivity contribution in [3.63, 3.8) is 0 Å². The summed E-state index contributed by atoms with van der Waals surface area (Å²) in [5.41, 5.74) is 4.18. The highest BCUT2D eigenvalue weighted by molar-refractivity contribution is 5.94. The molecular formula is C21H28N2O2. The van der Waals surface area contributed by atoms with Crippen molar-refractivity contribution >= 4 is 17.3 Å². The molecule has 0 saturated heterocycles. The lowest BCUT2D eigenvalue weighted by Crippen LogP contribution is -2.22. The monoisotopic (exact) mass is 340 g/mol. The Labute approximate surface area is 150 Å². The van der Waals surface area contributed by atoms with Gasteiger partial charge in [-0.15, -0.1) is 0 Å². The number of hydrogen-bond acceptors (Lipinski definition) is 3. The molecule has 2 aromatic carbocycles. The van der Waals surface area contributed by atoms with Crippen LogP contribution >= 0.6 is 0 Å². The van der Waals surface area contributed by atoms with Crippen LogP contribution in [0.2, 0.25) is 0 Å². The Kier molecular flexibility index (Phi) is 6.45. The number of carbonyl (C=O) groups is 1. The summed E-state index contributed by atoms with van der Waals surface area (Å²) in [5.74, 6) is 1.13. The third-order valence-corrected chi connectivity index (χ3v) is 3.86. The van der Waals surface area contributed by atoms with Crippen LogP contribution in [0.4, 0.5) is 11.4 Å². The maximum Gasteiger partial charge on any atom is 0.243 e. The van der Waals surface area contributed by atoms with Crippen LogP contribution in [0.15, 0.2) is 42.5 Å². The second-order valence-electron chi connectivity index (χ2n) is 6.79. The van der Waals surface area contributed by atoms with Crippen LogP contribution in [-0.4, -0.2) is 18.6 Å². The Morgan fingerprint density at radius 2 is 1.72 bits per heavy atom. The van der Waals surface area contributed by atoms with Gasteiger partial charge in [-0.1, -0.05) is 32.0 Å². The molecule has 0 spiro atoms. The van der Waals surface area contributed by atoms with Gasteiger partial charge < -0.3 is 15.4 Å². The molecule has 2 aromatic rings. The molecule has 2 N–H and O–H groups in total. The highest BCUT2D eigenvalue weighted by Crippen LogP contribution is 2.27. The normalized spacial score (nSPS) is 10.8. The Balaban J connectivity index is 1.95. The van der Waals surface area contributed by atoms with Gasteiger partial charge in [-0.25, -0.2) is 0 Å². The largest absolute Gasteiger partial charge is 0.491 e. The molecule has 0 aliphatic rings. The summed E-state index contributed by atoms with van der Waals surface area (Å²) in [5, 5.41) is 6.19. The van der Waals surface area contributed by atoms with E-state index in [0.717, 1.165) is 22.7 Å². The first-order chi connectivity index (χ1) is 11.9. The number of rotatable bonds is 7. The molecule has 0 atom stereocenters. The summed E-state index contributed by atoms with van der Waals surface area (Å²) >= 11 is 0. The average Bonchev–Trinajstić information content (AvgIpc) is 2.54. The molecule has 0 aromatic heterocycles. The number of hydrogen-bond donors (Lipinski definition) is 2. The third-order valence-electron chi connectivity index (χ3n) is 3.86. The van der Waals surface area contributed by atoms with Crippen LogP contribution in [0.5, 0.6) is 5.75 Å². The van der Waals surface area contributed by atoms with Crippen LogP contribution in [-0.2, 0) is 4.79 Å². The molecule has 0 aliphatic heterocycles. The number of amides is 1. The Bertz CT molecular complexity index is 706. The summed E-state index contributed by atoms with van der Waals surface area (Å²) in [6.45, 7) is 10.6. The third kappa shape index (κ3) is 5.52. The first kappa shape index (κ1) is 18.8. The van der Waals surface area contributed by atoms with Crippen molar-refractivity contribution in [2.75, 3.05) is 17.2 Å². The van der Waals surface area contributed by atoms with Gasteiger partial charge in [-0.05, 0) is 62.1 Å². The summed E-state index contributed by atoms with van der Waals surface area (Å²) in [4.78, 5) is 12.2. The van der Waals surface area contributed by atoms with E-state index in [1.54, 1.807) is 0 Å². The summed E-state index contributed by atoms with van der Waals surface area (Å²) in [7, 11) is 0. The van der Waals surface area contributed by atoms with Crippen molar-refractivity contribution in [1.29, 1.82) is 0 Å². The van der Waals surface area contributed by atoms with Crippen molar-refractivity contribution in [2.24, 2.45) is 0 Å². The fourth-order valence-corrected chi connectivity index (χ4v) is 2.68. The SMILES string of the molecule is Cc1cccc(C(C)C)c1NCC(=O)Nc1ccc(OC(C)C)cc1. The highest BCUT2D eigenvalue weighted by atomic mass is 16.5. The number of benzene rings is 2. The fraction of sp³-hybridized carbons (Fsp3) is 0.381. The molecule has 134 valence electrons. The van der Waals surface area contributed by atoms with Crippen molar-refractivity contribution in [3.8, 4) is 5.75 Å². The number of ether oxygens (including phenoxy) is 1. The van der Waals surface area contributed by atoms with Crippen LogP contribution in [0.25, 0.3) is 0 Å². The first-order valence-corrected chi connectivity index (χ1v) is 8.76. The molecule has 4 heteroatoms. The molecule has 0 bridgehead atoms. The predicted octanol–water partition coefficient (Wildman–Crippen LogP) is 4.96. The van der Waals surface area contributed by atoms with Crippen molar-refractivity contribution < 1.29 is 9.53 Å². The number of anilines is 2. The van der Waals surface area contributed by atoms with E-state index in [1.165, 1.54) is 5.56 Å². The average molecular weight is 340 g/mol.